The molecule has 6 amide bonds. The highest BCUT2D eigenvalue weighted by Crippen LogP contribution is 2.12. The number of carbonyl (C=O) groups excluding carboxylic acids is 6. The van der Waals surface area contributed by atoms with E-state index in [1.165, 1.54) is 6.92 Å². The zero-order chi connectivity index (χ0) is 38.8. The predicted molar refractivity (Wildman–Crippen MR) is 200 cm³/mol. The molecule has 6 atom stereocenters. The topological polar surface area (TPSA) is 241 Å². The summed E-state index contributed by atoms with van der Waals surface area (Å²) in [6, 6.07) is 11.9. The van der Waals surface area contributed by atoms with E-state index in [9.17, 15) is 28.8 Å². The van der Waals surface area contributed by atoms with Gasteiger partial charge in [-0.05, 0) is 55.7 Å². The van der Waals surface area contributed by atoms with Crippen molar-refractivity contribution in [2.45, 2.75) is 109 Å². The molecule has 2 aromatic rings. The standard InChI is InChI=1S/C38H58N8O6/c1-23(2)20-29(43-34(48)28(40)18-12-13-19-39)37(51)46-32(24(3)4)38(52)45-31(22-27-16-10-7-11-17-27)36(50)44-30(21-26-14-8-6-9-15-26)35(49)42-25(5)33(41)47/h6-11,14-17,23-25,28-32H,12-13,18-22,39-40H2,1-5H3,(H2,41,47)(H,42,49)(H,43,48)(H,44,50)(H,45,52)(H,46,51)/t25-,28-,29-,30-,31-,32-/m1/s1. The van der Waals surface area contributed by atoms with Crippen LogP contribution in [0.25, 0.3) is 0 Å². The Bertz CT molecular complexity index is 1460. The minimum atomic E-state index is -1.16. The van der Waals surface area contributed by atoms with Crippen LogP contribution in [0.3, 0.4) is 0 Å². The van der Waals surface area contributed by atoms with Gasteiger partial charge in [0.15, 0.2) is 0 Å². The number of hydrogen-bond donors (Lipinski definition) is 8. The number of nitrogens with one attached hydrogen (secondary N) is 5. The zero-order valence-corrected chi connectivity index (χ0v) is 31.0. The molecule has 0 fully saturated rings. The minimum absolute atomic E-state index is 0.0294. The summed E-state index contributed by atoms with van der Waals surface area (Å²) in [5.74, 6) is -4.06. The van der Waals surface area contributed by atoms with Crippen molar-refractivity contribution in [2.75, 3.05) is 6.54 Å². The Labute approximate surface area is 307 Å². The van der Waals surface area contributed by atoms with Gasteiger partial charge in [0.05, 0.1) is 6.04 Å². The molecule has 2 aromatic carbocycles. The van der Waals surface area contributed by atoms with Gasteiger partial charge in [-0.15, -0.1) is 0 Å². The van der Waals surface area contributed by atoms with Crippen LogP contribution in [0, 0.1) is 11.8 Å². The largest absolute Gasteiger partial charge is 0.368 e. The third-order valence-corrected chi connectivity index (χ3v) is 8.51. The van der Waals surface area contributed by atoms with Gasteiger partial charge in [-0.3, -0.25) is 28.8 Å². The minimum Gasteiger partial charge on any atom is -0.368 e. The van der Waals surface area contributed by atoms with Crippen LogP contribution >= 0.6 is 0 Å². The van der Waals surface area contributed by atoms with Crippen LogP contribution in [0.15, 0.2) is 60.7 Å². The number of rotatable bonds is 22. The molecule has 0 saturated carbocycles. The molecule has 2 rings (SSSR count). The lowest BCUT2D eigenvalue weighted by Gasteiger charge is -2.29. The fraction of sp³-hybridized carbons (Fsp3) is 0.526. The molecular weight excluding hydrogens is 664 g/mol. The number of amides is 6. The maximum atomic E-state index is 14.0. The van der Waals surface area contributed by atoms with E-state index in [1.807, 2.05) is 26.0 Å². The van der Waals surface area contributed by atoms with Crippen molar-refractivity contribution in [1.29, 1.82) is 0 Å². The predicted octanol–water partition coefficient (Wildman–Crippen LogP) is 0.559. The van der Waals surface area contributed by atoms with Crippen molar-refractivity contribution in [2.24, 2.45) is 29.0 Å². The van der Waals surface area contributed by atoms with Crippen LogP contribution in [0.2, 0.25) is 0 Å². The summed E-state index contributed by atoms with van der Waals surface area (Å²) in [4.78, 5) is 79.5. The third kappa shape index (κ3) is 15.2. The van der Waals surface area contributed by atoms with Gasteiger partial charge in [0.25, 0.3) is 0 Å². The first-order valence-corrected chi connectivity index (χ1v) is 18.0. The first-order valence-electron chi connectivity index (χ1n) is 18.0. The van der Waals surface area contributed by atoms with Crippen LogP contribution in [-0.4, -0.2) is 78.2 Å². The van der Waals surface area contributed by atoms with Crippen molar-refractivity contribution < 1.29 is 28.8 Å². The Balaban J connectivity index is 2.33. The smallest absolute Gasteiger partial charge is 0.243 e. The molecule has 0 bridgehead atoms. The molecule has 0 radical (unpaired) electrons. The van der Waals surface area contributed by atoms with Gasteiger partial charge >= 0.3 is 0 Å². The molecule has 11 N–H and O–H groups in total. The first-order chi connectivity index (χ1) is 24.6. The van der Waals surface area contributed by atoms with Crippen LogP contribution in [0.4, 0.5) is 0 Å². The summed E-state index contributed by atoms with van der Waals surface area (Å²) in [5, 5.41) is 13.6. The Morgan fingerprint density at radius 3 is 1.52 bits per heavy atom. The second-order valence-corrected chi connectivity index (χ2v) is 13.9. The molecule has 14 heteroatoms. The number of benzene rings is 2. The average Bonchev–Trinajstić information content (AvgIpc) is 3.09. The molecule has 0 spiro atoms. The lowest BCUT2D eigenvalue weighted by molar-refractivity contribution is -0.135. The van der Waals surface area contributed by atoms with Crippen LogP contribution < -0.4 is 43.8 Å². The molecule has 0 saturated heterocycles. The maximum Gasteiger partial charge on any atom is 0.243 e. The zero-order valence-electron chi connectivity index (χ0n) is 31.0. The molecule has 14 nitrogen and oxygen atoms in total. The van der Waals surface area contributed by atoms with Crippen LogP contribution in [0.5, 0.6) is 0 Å². The highest BCUT2D eigenvalue weighted by atomic mass is 16.2. The molecule has 0 unspecified atom stereocenters. The normalized spacial score (nSPS) is 14.6. The summed E-state index contributed by atoms with van der Waals surface area (Å²) in [6.07, 6.45) is 2.28. The van der Waals surface area contributed by atoms with E-state index in [-0.39, 0.29) is 18.8 Å². The number of carbonyl (C=O) groups is 6. The van der Waals surface area contributed by atoms with Gasteiger partial charge in [0.1, 0.15) is 30.2 Å². The summed E-state index contributed by atoms with van der Waals surface area (Å²) in [6.45, 7) is 9.24. The molecule has 52 heavy (non-hydrogen) atoms. The SMILES string of the molecule is CC(C)C[C@@H](NC(=O)[C@H](N)CCCCN)C(=O)N[C@@H](C(=O)N[C@H](Cc1ccccc1)C(=O)N[C@H](Cc1ccccc1)C(=O)N[C@H](C)C(N)=O)C(C)C. The maximum absolute atomic E-state index is 14.0. The molecule has 0 aliphatic carbocycles. The van der Waals surface area contributed by atoms with E-state index in [4.69, 9.17) is 17.2 Å². The highest BCUT2D eigenvalue weighted by molar-refractivity contribution is 5.96. The highest BCUT2D eigenvalue weighted by Gasteiger charge is 2.34. The van der Waals surface area contributed by atoms with Gasteiger partial charge < -0.3 is 43.8 Å². The molecule has 0 heterocycles. The quantitative estimate of drug-likeness (QED) is 0.0797. The molecule has 0 aliphatic rings. The lowest BCUT2D eigenvalue weighted by Crippen LogP contribution is -2.61. The van der Waals surface area contributed by atoms with Gasteiger partial charge in [-0.25, -0.2) is 0 Å². The Kier molecular flexibility index (Phi) is 18.5. The van der Waals surface area contributed by atoms with Crippen molar-refractivity contribution in [3.8, 4) is 0 Å². The average molecular weight is 723 g/mol. The van der Waals surface area contributed by atoms with Crippen molar-refractivity contribution in [1.82, 2.24) is 26.6 Å². The molecule has 0 aromatic heterocycles. The van der Waals surface area contributed by atoms with E-state index in [0.29, 0.717) is 25.8 Å². The summed E-state index contributed by atoms with van der Waals surface area (Å²) in [7, 11) is 0. The monoisotopic (exact) mass is 722 g/mol. The summed E-state index contributed by atoms with van der Waals surface area (Å²) in [5.41, 5.74) is 18.5. The van der Waals surface area contributed by atoms with E-state index < -0.39 is 77.6 Å². The van der Waals surface area contributed by atoms with Gasteiger partial charge in [-0.2, -0.15) is 0 Å². The van der Waals surface area contributed by atoms with E-state index in [2.05, 4.69) is 26.6 Å². The molecule has 286 valence electrons. The Morgan fingerprint density at radius 2 is 1.06 bits per heavy atom. The molecule has 0 aliphatic heterocycles. The first kappa shape index (κ1) is 43.3. The van der Waals surface area contributed by atoms with Crippen molar-refractivity contribution in [3.63, 3.8) is 0 Å². The lowest BCUT2D eigenvalue weighted by atomic mass is 9.98. The fourth-order valence-electron chi connectivity index (χ4n) is 5.45. The van der Waals surface area contributed by atoms with E-state index >= 15 is 0 Å². The number of nitrogens with two attached hydrogens (primary N) is 3. The summed E-state index contributed by atoms with van der Waals surface area (Å²) < 4.78 is 0. The van der Waals surface area contributed by atoms with Crippen molar-refractivity contribution >= 4 is 35.4 Å². The number of unbranched alkanes of at least 4 members (excludes halogenated alkanes) is 1. The molecular formula is C38H58N8O6. The van der Waals surface area contributed by atoms with Gasteiger partial charge in [-0.1, -0.05) is 94.8 Å². The van der Waals surface area contributed by atoms with Gasteiger partial charge in [0, 0.05) is 12.8 Å². The van der Waals surface area contributed by atoms with Crippen LogP contribution in [-0.2, 0) is 41.6 Å². The summed E-state index contributed by atoms with van der Waals surface area (Å²) >= 11 is 0. The number of primary amides is 1. The Morgan fingerprint density at radius 1 is 0.596 bits per heavy atom. The van der Waals surface area contributed by atoms with Crippen LogP contribution in [0.1, 0.15) is 71.4 Å². The van der Waals surface area contributed by atoms with E-state index in [0.717, 1.165) is 17.5 Å². The van der Waals surface area contributed by atoms with Crippen molar-refractivity contribution in [3.05, 3.63) is 71.8 Å². The third-order valence-electron chi connectivity index (χ3n) is 8.51. The van der Waals surface area contributed by atoms with E-state index in [1.54, 1.807) is 62.4 Å². The number of hydrogen-bond acceptors (Lipinski definition) is 8. The Hall–Kier alpha value is -4.82. The van der Waals surface area contributed by atoms with Gasteiger partial charge in [0.2, 0.25) is 35.4 Å². The fourth-order valence-corrected chi connectivity index (χ4v) is 5.45. The second kappa shape index (κ2) is 22.2. The second-order valence-electron chi connectivity index (χ2n) is 13.9.